The Morgan fingerprint density at radius 2 is 2.38 bits per heavy atom. The van der Waals surface area contributed by atoms with E-state index in [0.717, 1.165) is 12.8 Å². The fraction of sp³-hybridized carbons (Fsp3) is 0.889. The molecule has 4 heteroatoms. The minimum Gasteiger partial charge on any atom is -0.465 e. The predicted molar refractivity (Wildman–Crippen MR) is 48.8 cm³/mol. The van der Waals surface area contributed by atoms with Crippen LogP contribution in [0, 0.1) is 5.41 Å². The molecule has 0 bridgehead atoms. The standard InChI is InChI=1S/C9H17NO3/c1-9(7-13-2)4-3-5-10(6-9)8(11)12/h3-7H2,1-2H3,(H,11,12). The van der Waals surface area contributed by atoms with Gasteiger partial charge < -0.3 is 14.7 Å². The largest absolute Gasteiger partial charge is 0.465 e. The zero-order valence-corrected chi connectivity index (χ0v) is 8.25. The van der Waals surface area contributed by atoms with E-state index < -0.39 is 6.09 Å². The summed E-state index contributed by atoms with van der Waals surface area (Å²) in [4.78, 5) is 12.2. The average molecular weight is 187 g/mol. The van der Waals surface area contributed by atoms with Crippen LogP contribution in [0.3, 0.4) is 0 Å². The van der Waals surface area contributed by atoms with E-state index in [1.807, 2.05) is 0 Å². The number of carboxylic acid groups (broad SMARTS) is 1. The first-order valence-corrected chi connectivity index (χ1v) is 4.54. The molecule has 1 aliphatic rings. The van der Waals surface area contributed by atoms with Gasteiger partial charge in [-0.2, -0.15) is 0 Å². The number of piperidine rings is 1. The topological polar surface area (TPSA) is 49.8 Å². The molecule has 0 aliphatic carbocycles. The van der Waals surface area contributed by atoms with Crippen molar-refractivity contribution < 1.29 is 14.6 Å². The van der Waals surface area contributed by atoms with Gasteiger partial charge in [0.2, 0.25) is 0 Å². The molecule has 1 aliphatic heterocycles. The Hall–Kier alpha value is -0.770. The van der Waals surface area contributed by atoms with E-state index >= 15 is 0 Å². The molecule has 13 heavy (non-hydrogen) atoms. The maximum atomic E-state index is 10.7. The highest BCUT2D eigenvalue weighted by Gasteiger charge is 2.32. The van der Waals surface area contributed by atoms with E-state index in [1.54, 1.807) is 7.11 Å². The number of hydrogen-bond acceptors (Lipinski definition) is 2. The van der Waals surface area contributed by atoms with Crippen molar-refractivity contribution in [3.8, 4) is 0 Å². The normalized spacial score (nSPS) is 28.9. The maximum Gasteiger partial charge on any atom is 0.407 e. The number of carbonyl (C=O) groups is 1. The minimum absolute atomic E-state index is 0.00535. The third kappa shape index (κ3) is 2.59. The van der Waals surface area contributed by atoms with Crippen LogP contribution in [-0.2, 0) is 4.74 Å². The van der Waals surface area contributed by atoms with Gasteiger partial charge in [-0.25, -0.2) is 4.79 Å². The molecule has 1 rings (SSSR count). The monoisotopic (exact) mass is 187 g/mol. The molecule has 1 N–H and O–H groups in total. The summed E-state index contributed by atoms with van der Waals surface area (Å²) in [7, 11) is 1.66. The summed E-state index contributed by atoms with van der Waals surface area (Å²) in [5.74, 6) is 0. The summed E-state index contributed by atoms with van der Waals surface area (Å²) >= 11 is 0. The number of nitrogens with zero attached hydrogens (tertiary/aromatic N) is 1. The highest BCUT2D eigenvalue weighted by molar-refractivity contribution is 5.65. The summed E-state index contributed by atoms with van der Waals surface area (Å²) < 4.78 is 5.09. The number of methoxy groups -OCH3 is 1. The molecule has 1 unspecified atom stereocenters. The molecule has 0 aromatic carbocycles. The second-order valence-corrected chi connectivity index (χ2v) is 4.05. The molecule has 0 aromatic rings. The fourth-order valence-corrected chi connectivity index (χ4v) is 1.95. The van der Waals surface area contributed by atoms with Crippen LogP contribution in [0.2, 0.25) is 0 Å². The summed E-state index contributed by atoms with van der Waals surface area (Å²) in [5.41, 5.74) is 0.00535. The first kappa shape index (κ1) is 10.3. The first-order valence-electron chi connectivity index (χ1n) is 4.54. The van der Waals surface area contributed by atoms with Gasteiger partial charge in [-0.05, 0) is 12.8 Å². The number of likely N-dealkylation sites (tertiary alicyclic amines) is 1. The quantitative estimate of drug-likeness (QED) is 0.711. The lowest BCUT2D eigenvalue weighted by atomic mass is 9.83. The molecule has 76 valence electrons. The second kappa shape index (κ2) is 3.96. The van der Waals surface area contributed by atoms with Gasteiger partial charge in [0, 0.05) is 25.6 Å². The van der Waals surface area contributed by atoms with Crippen LogP contribution in [0.5, 0.6) is 0 Å². The van der Waals surface area contributed by atoms with Crippen LogP contribution in [0.15, 0.2) is 0 Å². The van der Waals surface area contributed by atoms with E-state index in [9.17, 15) is 4.79 Å². The van der Waals surface area contributed by atoms with Crippen LogP contribution in [-0.4, -0.2) is 42.9 Å². The second-order valence-electron chi connectivity index (χ2n) is 4.05. The van der Waals surface area contributed by atoms with Crippen molar-refractivity contribution in [3.05, 3.63) is 0 Å². The molecule has 1 amide bonds. The van der Waals surface area contributed by atoms with Crippen LogP contribution in [0.1, 0.15) is 19.8 Å². The molecule has 4 nitrogen and oxygen atoms in total. The van der Waals surface area contributed by atoms with E-state index in [0.29, 0.717) is 19.7 Å². The van der Waals surface area contributed by atoms with Crippen LogP contribution in [0.4, 0.5) is 4.79 Å². The van der Waals surface area contributed by atoms with Crippen molar-refractivity contribution in [1.82, 2.24) is 4.90 Å². The van der Waals surface area contributed by atoms with Gasteiger partial charge in [-0.1, -0.05) is 6.92 Å². The average Bonchev–Trinajstić information content (AvgIpc) is 2.04. The number of hydrogen-bond donors (Lipinski definition) is 1. The maximum absolute atomic E-state index is 10.7. The van der Waals surface area contributed by atoms with Gasteiger partial charge in [-0.3, -0.25) is 0 Å². The van der Waals surface area contributed by atoms with E-state index in [-0.39, 0.29) is 5.41 Å². The molecule has 0 aromatic heterocycles. The van der Waals surface area contributed by atoms with Gasteiger partial charge in [0.25, 0.3) is 0 Å². The van der Waals surface area contributed by atoms with E-state index in [2.05, 4.69) is 6.92 Å². The van der Waals surface area contributed by atoms with Gasteiger partial charge in [0.05, 0.1) is 6.61 Å². The molecule has 0 saturated carbocycles. The molecule has 0 spiro atoms. The van der Waals surface area contributed by atoms with Crippen LogP contribution >= 0.6 is 0 Å². The number of amides is 1. The molecule has 1 atom stereocenters. The fourth-order valence-electron chi connectivity index (χ4n) is 1.95. The summed E-state index contributed by atoms with van der Waals surface area (Å²) in [6.07, 6.45) is 1.17. The molecule has 1 fully saturated rings. The van der Waals surface area contributed by atoms with Crippen molar-refractivity contribution in [3.63, 3.8) is 0 Å². The lowest BCUT2D eigenvalue weighted by Gasteiger charge is -2.38. The Labute approximate surface area is 78.5 Å². The zero-order chi connectivity index (χ0) is 9.90. The smallest absolute Gasteiger partial charge is 0.407 e. The highest BCUT2D eigenvalue weighted by Crippen LogP contribution is 2.29. The van der Waals surface area contributed by atoms with E-state index in [4.69, 9.17) is 9.84 Å². The van der Waals surface area contributed by atoms with Gasteiger partial charge in [-0.15, -0.1) is 0 Å². The summed E-state index contributed by atoms with van der Waals surface area (Å²) in [6, 6.07) is 0. The van der Waals surface area contributed by atoms with Crippen LogP contribution in [0.25, 0.3) is 0 Å². The number of ether oxygens (including phenoxy) is 1. The molecule has 0 radical (unpaired) electrons. The molecular formula is C9H17NO3. The third-order valence-electron chi connectivity index (χ3n) is 2.54. The van der Waals surface area contributed by atoms with Crippen molar-refractivity contribution in [1.29, 1.82) is 0 Å². The number of rotatable bonds is 2. The Morgan fingerprint density at radius 1 is 1.69 bits per heavy atom. The van der Waals surface area contributed by atoms with Gasteiger partial charge >= 0.3 is 6.09 Å². The Kier molecular flexibility index (Phi) is 3.14. The Bertz CT molecular complexity index is 191. The van der Waals surface area contributed by atoms with Crippen molar-refractivity contribution in [2.45, 2.75) is 19.8 Å². The lowest BCUT2D eigenvalue weighted by Crippen LogP contribution is -2.46. The van der Waals surface area contributed by atoms with Crippen molar-refractivity contribution >= 4 is 6.09 Å². The van der Waals surface area contributed by atoms with Crippen LogP contribution < -0.4 is 0 Å². The molecule has 1 heterocycles. The van der Waals surface area contributed by atoms with Crippen molar-refractivity contribution in [2.75, 3.05) is 26.8 Å². The summed E-state index contributed by atoms with van der Waals surface area (Å²) in [5, 5.41) is 8.82. The zero-order valence-electron chi connectivity index (χ0n) is 8.25. The van der Waals surface area contributed by atoms with Gasteiger partial charge in [0.1, 0.15) is 0 Å². The molecular weight excluding hydrogens is 170 g/mol. The predicted octanol–water partition coefficient (Wildman–Crippen LogP) is 1.41. The first-order chi connectivity index (χ1) is 6.07. The Balaban J connectivity index is 2.54. The third-order valence-corrected chi connectivity index (χ3v) is 2.54. The minimum atomic E-state index is -0.818. The molecule has 1 saturated heterocycles. The lowest BCUT2D eigenvalue weighted by molar-refractivity contribution is 0.0272. The van der Waals surface area contributed by atoms with E-state index in [1.165, 1.54) is 4.90 Å². The SMILES string of the molecule is COCC1(C)CCCN(C(=O)O)C1. The van der Waals surface area contributed by atoms with Gasteiger partial charge in [0.15, 0.2) is 0 Å². The van der Waals surface area contributed by atoms with Crippen molar-refractivity contribution in [2.24, 2.45) is 5.41 Å². The highest BCUT2D eigenvalue weighted by atomic mass is 16.5. The Morgan fingerprint density at radius 3 is 2.92 bits per heavy atom. The summed E-state index contributed by atoms with van der Waals surface area (Å²) in [6.45, 7) is 3.97.